The molecule has 3 unspecified atom stereocenters. The molecular weight excluding hydrogens is 194 g/mol. The Morgan fingerprint density at radius 2 is 1.62 bits per heavy atom. The van der Waals surface area contributed by atoms with Crippen molar-refractivity contribution in [1.29, 1.82) is 0 Å². The van der Waals surface area contributed by atoms with E-state index >= 15 is 0 Å². The van der Waals surface area contributed by atoms with Crippen LogP contribution in [0.4, 0.5) is 0 Å². The summed E-state index contributed by atoms with van der Waals surface area (Å²) in [6.45, 7) is 12.9. The van der Waals surface area contributed by atoms with Crippen LogP contribution in [0.5, 0.6) is 0 Å². The zero-order valence-corrected chi connectivity index (χ0v) is 11.9. The zero-order valence-electron chi connectivity index (χ0n) is 11.9. The molecule has 1 nitrogen and oxygen atoms in total. The van der Waals surface area contributed by atoms with Gasteiger partial charge in [-0.2, -0.15) is 0 Å². The Labute approximate surface area is 102 Å². The molecule has 1 fully saturated rings. The maximum absolute atomic E-state index is 3.72. The second-order valence-electron chi connectivity index (χ2n) is 6.47. The fraction of sp³-hybridized carbons (Fsp3) is 1.00. The summed E-state index contributed by atoms with van der Waals surface area (Å²) in [4.78, 5) is 0. The highest BCUT2D eigenvalue weighted by molar-refractivity contribution is 4.84. The highest BCUT2D eigenvalue weighted by Crippen LogP contribution is 2.36. The van der Waals surface area contributed by atoms with E-state index in [9.17, 15) is 0 Å². The van der Waals surface area contributed by atoms with Crippen LogP contribution in [0, 0.1) is 23.7 Å². The first-order chi connectivity index (χ1) is 7.52. The first kappa shape index (κ1) is 14.0. The standard InChI is InChI=1S/C15H31N/c1-6-16-15(7-11(2)3)14-9-12(4)8-13(5)10-14/h11-16H,6-10H2,1-5H3. The molecule has 1 aliphatic rings. The SMILES string of the molecule is CCNC(CC(C)C)C1CC(C)CC(C)C1. The third-order valence-electron chi connectivity index (χ3n) is 3.98. The van der Waals surface area contributed by atoms with Crippen molar-refractivity contribution in [3.8, 4) is 0 Å². The molecule has 1 heteroatoms. The zero-order chi connectivity index (χ0) is 12.1. The van der Waals surface area contributed by atoms with Crippen LogP contribution in [-0.4, -0.2) is 12.6 Å². The van der Waals surface area contributed by atoms with Gasteiger partial charge in [-0.25, -0.2) is 0 Å². The van der Waals surface area contributed by atoms with E-state index in [-0.39, 0.29) is 0 Å². The van der Waals surface area contributed by atoms with Crippen molar-refractivity contribution < 1.29 is 0 Å². The Hall–Kier alpha value is -0.0400. The fourth-order valence-electron chi connectivity index (χ4n) is 3.55. The average Bonchev–Trinajstić information content (AvgIpc) is 2.14. The van der Waals surface area contributed by atoms with Gasteiger partial charge in [-0.1, -0.05) is 34.6 Å². The van der Waals surface area contributed by atoms with Gasteiger partial charge in [0.25, 0.3) is 0 Å². The van der Waals surface area contributed by atoms with E-state index in [0.717, 1.165) is 36.3 Å². The predicted molar refractivity (Wildman–Crippen MR) is 72.6 cm³/mol. The normalized spacial score (nSPS) is 33.0. The monoisotopic (exact) mass is 225 g/mol. The molecule has 96 valence electrons. The van der Waals surface area contributed by atoms with E-state index in [1.54, 1.807) is 0 Å². The molecule has 16 heavy (non-hydrogen) atoms. The van der Waals surface area contributed by atoms with E-state index in [1.807, 2.05) is 0 Å². The Bertz CT molecular complexity index is 175. The Kier molecular flexibility index (Phi) is 5.82. The molecule has 0 spiro atoms. The third kappa shape index (κ3) is 4.45. The van der Waals surface area contributed by atoms with Crippen LogP contribution in [0.1, 0.15) is 60.3 Å². The van der Waals surface area contributed by atoms with E-state index in [4.69, 9.17) is 0 Å². The molecule has 0 aromatic rings. The molecule has 3 atom stereocenters. The van der Waals surface area contributed by atoms with Crippen LogP contribution < -0.4 is 5.32 Å². The minimum Gasteiger partial charge on any atom is -0.314 e. The van der Waals surface area contributed by atoms with Crippen LogP contribution in [0.3, 0.4) is 0 Å². The molecule has 1 N–H and O–H groups in total. The lowest BCUT2D eigenvalue weighted by molar-refractivity contribution is 0.164. The molecule has 0 saturated heterocycles. The minimum absolute atomic E-state index is 0.759. The molecule has 0 bridgehead atoms. The lowest BCUT2D eigenvalue weighted by Crippen LogP contribution is -2.40. The summed E-state index contributed by atoms with van der Waals surface area (Å²) < 4.78 is 0. The van der Waals surface area contributed by atoms with E-state index < -0.39 is 0 Å². The summed E-state index contributed by atoms with van der Waals surface area (Å²) in [7, 11) is 0. The lowest BCUT2D eigenvalue weighted by atomic mass is 9.72. The molecule has 0 radical (unpaired) electrons. The Morgan fingerprint density at radius 1 is 1.06 bits per heavy atom. The molecule has 1 saturated carbocycles. The highest BCUT2D eigenvalue weighted by Gasteiger charge is 2.29. The Morgan fingerprint density at radius 3 is 2.06 bits per heavy atom. The maximum Gasteiger partial charge on any atom is 0.00978 e. The topological polar surface area (TPSA) is 12.0 Å². The number of hydrogen-bond acceptors (Lipinski definition) is 1. The number of nitrogens with one attached hydrogen (secondary N) is 1. The molecule has 1 aliphatic carbocycles. The fourth-order valence-corrected chi connectivity index (χ4v) is 3.55. The first-order valence-corrected chi connectivity index (χ1v) is 7.26. The molecule has 0 aromatic heterocycles. The van der Waals surface area contributed by atoms with Gasteiger partial charge < -0.3 is 5.32 Å². The van der Waals surface area contributed by atoms with E-state index in [0.29, 0.717) is 0 Å². The van der Waals surface area contributed by atoms with Crippen molar-refractivity contribution in [3.63, 3.8) is 0 Å². The quantitative estimate of drug-likeness (QED) is 0.743. The van der Waals surface area contributed by atoms with Crippen LogP contribution >= 0.6 is 0 Å². The summed E-state index contributed by atoms with van der Waals surface area (Å²) >= 11 is 0. The molecule has 0 aromatic carbocycles. The van der Waals surface area contributed by atoms with Crippen LogP contribution in [0.15, 0.2) is 0 Å². The lowest BCUT2D eigenvalue weighted by Gasteiger charge is -2.37. The van der Waals surface area contributed by atoms with Crippen molar-refractivity contribution >= 4 is 0 Å². The van der Waals surface area contributed by atoms with Gasteiger partial charge in [0.1, 0.15) is 0 Å². The number of hydrogen-bond donors (Lipinski definition) is 1. The predicted octanol–water partition coefficient (Wildman–Crippen LogP) is 4.08. The Balaban J connectivity index is 2.54. The van der Waals surface area contributed by atoms with Crippen molar-refractivity contribution in [3.05, 3.63) is 0 Å². The van der Waals surface area contributed by atoms with Gasteiger partial charge in [0.2, 0.25) is 0 Å². The molecular formula is C15H31N. The van der Waals surface area contributed by atoms with Crippen molar-refractivity contribution in [1.82, 2.24) is 5.32 Å². The van der Waals surface area contributed by atoms with Crippen LogP contribution in [-0.2, 0) is 0 Å². The molecule has 0 amide bonds. The maximum atomic E-state index is 3.72. The van der Waals surface area contributed by atoms with Crippen molar-refractivity contribution in [2.45, 2.75) is 66.3 Å². The summed E-state index contributed by atoms with van der Waals surface area (Å²) in [6.07, 6.45) is 5.67. The van der Waals surface area contributed by atoms with Gasteiger partial charge in [0, 0.05) is 6.04 Å². The molecule has 0 heterocycles. The van der Waals surface area contributed by atoms with Gasteiger partial charge in [0.05, 0.1) is 0 Å². The number of rotatable bonds is 5. The average molecular weight is 225 g/mol. The third-order valence-corrected chi connectivity index (χ3v) is 3.98. The van der Waals surface area contributed by atoms with Gasteiger partial charge in [-0.3, -0.25) is 0 Å². The second kappa shape index (κ2) is 6.64. The summed E-state index contributed by atoms with van der Waals surface area (Å²) in [6, 6.07) is 0.759. The van der Waals surface area contributed by atoms with Gasteiger partial charge in [0.15, 0.2) is 0 Å². The highest BCUT2D eigenvalue weighted by atomic mass is 14.9. The van der Waals surface area contributed by atoms with Gasteiger partial charge >= 0.3 is 0 Å². The summed E-state index contributed by atoms with van der Waals surface area (Å²) in [5.74, 6) is 3.60. The summed E-state index contributed by atoms with van der Waals surface area (Å²) in [5, 5.41) is 3.72. The summed E-state index contributed by atoms with van der Waals surface area (Å²) in [5.41, 5.74) is 0. The first-order valence-electron chi connectivity index (χ1n) is 7.26. The minimum atomic E-state index is 0.759. The largest absolute Gasteiger partial charge is 0.314 e. The smallest absolute Gasteiger partial charge is 0.00978 e. The van der Waals surface area contributed by atoms with Gasteiger partial charge in [-0.05, 0) is 55.9 Å². The van der Waals surface area contributed by atoms with E-state index in [1.165, 1.54) is 25.7 Å². The van der Waals surface area contributed by atoms with Crippen molar-refractivity contribution in [2.75, 3.05) is 6.54 Å². The van der Waals surface area contributed by atoms with Crippen LogP contribution in [0.2, 0.25) is 0 Å². The molecule has 1 rings (SSSR count). The second-order valence-corrected chi connectivity index (χ2v) is 6.47. The van der Waals surface area contributed by atoms with Gasteiger partial charge in [-0.15, -0.1) is 0 Å². The van der Waals surface area contributed by atoms with Crippen molar-refractivity contribution in [2.24, 2.45) is 23.7 Å². The van der Waals surface area contributed by atoms with E-state index in [2.05, 4.69) is 39.9 Å². The van der Waals surface area contributed by atoms with Crippen LogP contribution in [0.25, 0.3) is 0 Å². The molecule has 0 aliphatic heterocycles.